The monoisotopic (exact) mass is 427 g/mol. The number of methoxy groups -OCH3 is 1. The average Bonchev–Trinajstić information content (AvgIpc) is 2.85. The van der Waals surface area contributed by atoms with E-state index in [9.17, 15) is 9.59 Å². The van der Waals surface area contributed by atoms with E-state index in [1.54, 1.807) is 31.4 Å². The van der Waals surface area contributed by atoms with Gasteiger partial charge in [0, 0.05) is 12.2 Å². The molecule has 0 aliphatic carbocycles. The maximum absolute atomic E-state index is 12.4. The van der Waals surface area contributed by atoms with Crippen molar-refractivity contribution in [1.82, 2.24) is 5.32 Å². The predicted molar refractivity (Wildman–Crippen MR) is 126 cm³/mol. The van der Waals surface area contributed by atoms with Gasteiger partial charge < -0.3 is 14.8 Å². The maximum atomic E-state index is 12.4. The Bertz CT molecular complexity index is 1080. The lowest BCUT2D eigenvalue weighted by molar-refractivity contribution is -0.143. The second-order valence-electron chi connectivity index (χ2n) is 6.94. The van der Waals surface area contributed by atoms with Crippen LogP contribution in [0, 0.1) is 0 Å². The van der Waals surface area contributed by atoms with Crippen LogP contribution >= 0.6 is 0 Å². The Morgan fingerprint density at radius 1 is 0.844 bits per heavy atom. The number of amides is 1. The van der Waals surface area contributed by atoms with E-state index in [1.807, 2.05) is 72.8 Å². The third-order valence-corrected chi connectivity index (χ3v) is 4.62. The molecular formula is C27H25NO4. The van der Waals surface area contributed by atoms with Crippen LogP contribution in [0.3, 0.4) is 0 Å². The standard InChI is InChI=1S/C27H25NO4/c1-31-24-14-8-13-23(19-24)25(32-27(30)18-16-22-11-6-3-7-12-22)20-28-26(29)17-15-21-9-4-2-5-10-21/h2-19,25H,20H2,1H3,(H,28,29)/b17-15+,18-16+/t25-/m1/s1. The molecule has 0 unspecified atom stereocenters. The molecule has 0 aromatic heterocycles. The van der Waals surface area contributed by atoms with Crippen molar-refractivity contribution in [2.75, 3.05) is 13.7 Å². The number of carbonyl (C=O) groups excluding carboxylic acids is 2. The average molecular weight is 428 g/mol. The fraction of sp³-hybridized carbons (Fsp3) is 0.111. The molecule has 3 aromatic carbocycles. The molecule has 0 aliphatic heterocycles. The quantitative estimate of drug-likeness (QED) is 0.393. The van der Waals surface area contributed by atoms with Crippen LogP contribution in [0.4, 0.5) is 0 Å². The molecule has 0 aliphatic rings. The Hall–Kier alpha value is -4.12. The molecule has 3 rings (SSSR count). The fourth-order valence-corrected chi connectivity index (χ4v) is 2.97. The van der Waals surface area contributed by atoms with Gasteiger partial charge in [0.2, 0.25) is 5.91 Å². The van der Waals surface area contributed by atoms with Crippen molar-refractivity contribution in [3.05, 3.63) is 114 Å². The third-order valence-electron chi connectivity index (χ3n) is 4.62. The van der Waals surface area contributed by atoms with Gasteiger partial charge in [0.1, 0.15) is 11.9 Å². The summed E-state index contributed by atoms with van der Waals surface area (Å²) in [7, 11) is 1.57. The van der Waals surface area contributed by atoms with E-state index in [1.165, 1.54) is 12.2 Å². The molecule has 1 atom stereocenters. The van der Waals surface area contributed by atoms with Gasteiger partial charge in [-0.3, -0.25) is 4.79 Å². The second-order valence-corrected chi connectivity index (χ2v) is 6.94. The highest BCUT2D eigenvalue weighted by Gasteiger charge is 2.17. The number of esters is 1. The Balaban J connectivity index is 1.67. The minimum atomic E-state index is -0.674. The van der Waals surface area contributed by atoms with Crippen LogP contribution in [-0.2, 0) is 14.3 Å². The number of ether oxygens (including phenoxy) is 2. The number of hydrogen-bond acceptors (Lipinski definition) is 4. The van der Waals surface area contributed by atoms with E-state index < -0.39 is 12.1 Å². The van der Waals surface area contributed by atoms with Crippen molar-refractivity contribution >= 4 is 24.0 Å². The molecule has 3 aromatic rings. The molecule has 0 bridgehead atoms. The summed E-state index contributed by atoms with van der Waals surface area (Å²) < 4.78 is 10.9. The van der Waals surface area contributed by atoms with E-state index in [2.05, 4.69) is 5.32 Å². The molecule has 0 saturated heterocycles. The van der Waals surface area contributed by atoms with Crippen LogP contribution in [0.5, 0.6) is 5.75 Å². The molecule has 162 valence electrons. The van der Waals surface area contributed by atoms with Gasteiger partial charge in [-0.25, -0.2) is 4.79 Å². The minimum Gasteiger partial charge on any atom is -0.497 e. The zero-order valence-corrected chi connectivity index (χ0v) is 17.8. The van der Waals surface area contributed by atoms with Gasteiger partial charge in [-0.15, -0.1) is 0 Å². The molecule has 1 N–H and O–H groups in total. The Morgan fingerprint density at radius 3 is 2.09 bits per heavy atom. The van der Waals surface area contributed by atoms with Crippen molar-refractivity contribution < 1.29 is 19.1 Å². The first-order valence-electron chi connectivity index (χ1n) is 10.2. The number of hydrogen-bond donors (Lipinski definition) is 1. The highest BCUT2D eigenvalue weighted by Crippen LogP contribution is 2.22. The maximum Gasteiger partial charge on any atom is 0.331 e. The van der Waals surface area contributed by atoms with Gasteiger partial charge in [-0.1, -0.05) is 72.8 Å². The van der Waals surface area contributed by atoms with Gasteiger partial charge in [0.25, 0.3) is 0 Å². The number of nitrogens with one attached hydrogen (secondary N) is 1. The Labute approximate surface area is 188 Å². The molecule has 0 saturated carbocycles. The SMILES string of the molecule is COc1cccc([C@@H](CNC(=O)/C=C/c2ccccc2)OC(=O)/C=C/c2ccccc2)c1. The van der Waals surface area contributed by atoms with Crippen LogP contribution in [-0.4, -0.2) is 25.5 Å². The number of carbonyl (C=O) groups is 2. The minimum absolute atomic E-state index is 0.121. The van der Waals surface area contributed by atoms with Crippen molar-refractivity contribution in [2.24, 2.45) is 0 Å². The highest BCUT2D eigenvalue weighted by atomic mass is 16.5. The largest absolute Gasteiger partial charge is 0.497 e. The normalized spacial score (nSPS) is 11.9. The van der Waals surface area contributed by atoms with Gasteiger partial charge in [-0.05, 0) is 41.0 Å². The Morgan fingerprint density at radius 2 is 1.47 bits per heavy atom. The van der Waals surface area contributed by atoms with Gasteiger partial charge in [0.05, 0.1) is 13.7 Å². The first-order valence-corrected chi connectivity index (χ1v) is 10.2. The summed E-state index contributed by atoms with van der Waals surface area (Å²) >= 11 is 0. The van der Waals surface area contributed by atoms with Crippen molar-refractivity contribution in [3.8, 4) is 5.75 Å². The van der Waals surface area contributed by atoms with Crippen molar-refractivity contribution in [3.63, 3.8) is 0 Å². The van der Waals surface area contributed by atoms with Crippen LogP contribution in [0.15, 0.2) is 97.1 Å². The van der Waals surface area contributed by atoms with Crippen LogP contribution < -0.4 is 10.1 Å². The molecule has 1 amide bonds. The second kappa shape index (κ2) is 11.9. The molecular weight excluding hydrogens is 402 g/mol. The molecule has 0 radical (unpaired) electrons. The first-order chi connectivity index (χ1) is 15.6. The Kier molecular flexibility index (Phi) is 8.40. The summed E-state index contributed by atoms with van der Waals surface area (Å²) in [5, 5.41) is 2.80. The molecule has 5 heteroatoms. The van der Waals surface area contributed by atoms with E-state index in [0.29, 0.717) is 5.75 Å². The summed E-state index contributed by atoms with van der Waals surface area (Å²) in [5.41, 5.74) is 2.53. The molecule has 5 nitrogen and oxygen atoms in total. The van der Waals surface area contributed by atoms with Crippen LogP contribution in [0.25, 0.3) is 12.2 Å². The van der Waals surface area contributed by atoms with Crippen molar-refractivity contribution in [2.45, 2.75) is 6.10 Å². The summed E-state index contributed by atoms with van der Waals surface area (Å²) in [5.74, 6) is -0.146. The smallest absolute Gasteiger partial charge is 0.331 e. The number of benzene rings is 3. The van der Waals surface area contributed by atoms with E-state index >= 15 is 0 Å². The topological polar surface area (TPSA) is 64.6 Å². The number of rotatable bonds is 9. The van der Waals surface area contributed by atoms with Crippen LogP contribution in [0.2, 0.25) is 0 Å². The molecule has 32 heavy (non-hydrogen) atoms. The zero-order chi connectivity index (χ0) is 22.6. The molecule has 0 heterocycles. The van der Waals surface area contributed by atoms with Gasteiger partial charge in [-0.2, -0.15) is 0 Å². The summed E-state index contributed by atoms with van der Waals surface area (Å²) in [6, 6.07) is 26.2. The highest BCUT2D eigenvalue weighted by molar-refractivity contribution is 5.91. The first kappa shape index (κ1) is 22.6. The van der Waals surface area contributed by atoms with Crippen molar-refractivity contribution in [1.29, 1.82) is 0 Å². The van der Waals surface area contributed by atoms with Crippen LogP contribution in [0.1, 0.15) is 22.8 Å². The zero-order valence-electron chi connectivity index (χ0n) is 17.8. The molecule has 0 spiro atoms. The lowest BCUT2D eigenvalue weighted by Gasteiger charge is -2.18. The molecule has 0 fully saturated rings. The lowest BCUT2D eigenvalue weighted by Crippen LogP contribution is -2.29. The van der Waals surface area contributed by atoms with E-state index in [4.69, 9.17) is 9.47 Å². The van der Waals surface area contributed by atoms with E-state index in [-0.39, 0.29) is 12.5 Å². The summed E-state index contributed by atoms with van der Waals surface area (Å²) in [6.45, 7) is 0.121. The van der Waals surface area contributed by atoms with Gasteiger partial charge in [0.15, 0.2) is 0 Å². The summed E-state index contributed by atoms with van der Waals surface area (Å²) in [6.07, 6.45) is 5.57. The van der Waals surface area contributed by atoms with Gasteiger partial charge >= 0.3 is 5.97 Å². The lowest BCUT2D eigenvalue weighted by atomic mass is 10.1. The fourth-order valence-electron chi connectivity index (χ4n) is 2.97. The van der Waals surface area contributed by atoms with E-state index in [0.717, 1.165) is 16.7 Å². The third kappa shape index (κ3) is 7.29. The predicted octanol–water partition coefficient (Wildman–Crippen LogP) is 4.82. The summed E-state index contributed by atoms with van der Waals surface area (Å²) in [4.78, 5) is 24.7.